The number of ether oxygens (including phenoxy) is 1. The Hall–Kier alpha value is -2.42. The first-order valence-corrected chi connectivity index (χ1v) is 7.68. The molecule has 8 nitrogen and oxygen atoms in total. The van der Waals surface area contributed by atoms with Gasteiger partial charge in [-0.2, -0.15) is 0 Å². The number of hydrogen-bond donors (Lipinski definition) is 2. The average Bonchev–Trinajstić information content (AvgIpc) is 2.57. The van der Waals surface area contributed by atoms with Gasteiger partial charge in [0.05, 0.1) is 23.7 Å². The number of aliphatic hydroxyl groups excluding tert-OH is 1. The summed E-state index contributed by atoms with van der Waals surface area (Å²) in [7, 11) is 1.16. The molecular weight excluding hydrogens is 373 g/mol. The van der Waals surface area contributed by atoms with Crippen molar-refractivity contribution >= 4 is 40.7 Å². The molecule has 2 N–H and O–H groups in total. The minimum atomic E-state index is -1.03. The molecule has 2 aromatic rings. The van der Waals surface area contributed by atoms with E-state index in [2.05, 4.69) is 15.0 Å². The maximum atomic E-state index is 11.4. The number of halogens is 2. The molecule has 0 spiro atoms. The molecule has 10 heteroatoms. The molecule has 0 saturated carbocycles. The maximum absolute atomic E-state index is 11.4. The second kappa shape index (κ2) is 8.11. The van der Waals surface area contributed by atoms with Crippen molar-refractivity contribution in [3.63, 3.8) is 0 Å². The van der Waals surface area contributed by atoms with Crippen LogP contribution in [0.25, 0.3) is 0 Å². The Kier molecular flexibility index (Phi) is 6.13. The van der Waals surface area contributed by atoms with Crippen molar-refractivity contribution in [2.24, 2.45) is 0 Å². The number of nitrogens with one attached hydrogen (secondary N) is 1. The van der Waals surface area contributed by atoms with Gasteiger partial charge in [-0.15, -0.1) is 0 Å². The van der Waals surface area contributed by atoms with Crippen LogP contribution in [0.2, 0.25) is 10.0 Å². The second-order valence-electron chi connectivity index (χ2n) is 4.94. The summed E-state index contributed by atoms with van der Waals surface area (Å²) in [4.78, 5) is 25.8. The van der Waals surface area contributed by atoms with Crippen LogP contribution >= 0.6 is 23.2 Å². The van der Waals surface area contributed by atoms with E-state index in [4.69, 9.17) is 23.2 Å². The van der Waals surface area contributed by atoms with Gasteiger partial charge >= 0.3 is 11.7 Å². The molecular formula is C15H13Cl2N3O5. The Morgan fingerprint density at radius 1 is 1.36 bits per heavy atom. The van der Waals surface area contributed by atoms with E-state index in [1.807, 2.05) is 0 Å². The van der Waals surface area contributed by atoms with E-state index in [1.165, 1.54) is 18.2 Å². The Bertz CT molecular complexity index is 795. The van der Waals surface area contributed by atoms with Crippen LogP contribution in [0.4, 0.5) is 11.5 Å². The fraction of sp³-hybridized carbons (Fsp3) is 0.200. The van der Waals surface area contributed by atoms with E-state index < -0.39 is 22.7 Å². The number of aromatic nitrogens is 1. The minimum absolute atomic E-state index is 0.0538. The smallest absolute Gasteiger partial charge is 0.339 e. The van der Waals surface area contributed by atoms with Crippen LogP contribution in [-0.4, -0.2) is 34.6 Å². The number of pyridine rings is 1. The highest BCUT2D eigenvalue weighted by atomic mass is 35.5. The fourth-order valence-electron chi connectivity index (χ4n) is 2.04. The van der Waals surface area contributed by atoms with Gasteiger partial charge in [-0.3, -0.25) is 10.1 Å². The van der Waals surface area contributed by atoms with Gasteiger partial charge in [0.2, 0.25) is 5.82 Å². The summed E-state index contributed by atoms with van der Waals surface area (Å²) >= 11 is 11.8. The van der Waals surface area contributed by atoms with Crippen LogP contribution in [0.3, 0.4) is 0 Å². The molecule has 0 bridgehead atoms. The lowest BCUT2D eigenvalue weighted by atomic mass is 10.1. The third-order valence-electron chi connectivity index (χ3n) is 3.22. The van der Waals surface area contributed by atoms with Gasteiger partial charge in [0, 0.05) is 28.9 Å². The van der Waals surface area contributed by atoms with E-state index in [0.717, 1.165) is 19.4 Å². The first-order valence-electron chi connectivity index (χ1n) is 6.92. The molecule has 2 rings (SSSR count). The Balaban J connectivity index is 2.19. The number of methoxy groups -OCH3 is 1. The van der Waals surface area contributed by atoms with Crippen molar-refractivity contribution in [3.8, 4) is 0 Å². The Morgan fingerprint density at radius 3 is 2.56 bits per heavy atom. The van der Waals surface area contributed by atoms with Crippen molar-refractivity contribution in [2.75, 3.05) is 19.0 Å². The molecule has 0 aliphatic carbocycles. The van der Waals surface area contributed by atoms with E-state index in [0.29, 0.717) is 15.6 Å². The summed E-state index contributed by atoms with van der Waals surface area (Å²) in [6.45, 7) is -0.0813. The zero-order valence-corrected chi connectivity index (χ0v) is 14.4. The summed E-state index contributed by atoms with van der Waals surface area (Å²) in [5, 5.41) is 24.7. The SMILES string of the molecule is COC(=O)c1cnc(NCC(O)c2cc(Cl)cc(Cl)c2)c([N+](=O)[O-])c1. The molecule has 1 aromatic heterocycles. The molecule has 1 atom stereocenters. The quantitative estimate of drug-likeness (QED) is 0.445. The van der Waals surface area contributed by atoms with E-state index in [9.17, 15) is 20.0 Å². The fourth-order valence-corrected chi connectivity index (χ4v) is 2.58. The molecule has 0 saturated heterocycles. The highest BCUT2D eigenvalue weighted by molar-refractivity contribution is 6.34. The highest BCUT2D eigenvalue weighted by Gasteiger charge is 2.20. The molecule has 25 heavy (non-hydrogen) atoms. The van der Waals surface area contributed by atoms with Crippen molar-refractivity contribution in [1.29, 1.82) is 0 Å². The van der Waals surface area contributed by atoms with Crippen molar-refractivity contribution in [1.82, 2.24) is 4.98 Å². The molecule has 132 valence electrons. The number of rotatable bonds is 6. The van der Waals surface area contributed by atoms with Crippen LogP contribution in [0.1, 0.15) is 22.0 Å². The van der Waals surface area contributed by atoms with Crippen molar-refractivity contribution < 1.29 is 19.6 Å². The monoisotopic (exact) mass is 385 g/mol. The normalized spacial score (nSPS) is 11.7. The number of carbonyl (C=O) groups excluding carboxylic acids is 1. The summed E-state index contributed by atoms with van der Waals surface area (Å²) in [6.07, 6.45) is 0.113. The number of carbonyl (C=O) groups is 1. The third-order valence-corrected chi connectivity index (χ3v) is 3.65. The lowest BCUT2D eigenvalue weighted by Gasteiger charge is -2.13. The lowest BCUT2D eigenvalue weighted by molar-refractivity contribution is -0.384. The summed E-state index contributed by atoms with van der Waals surface area (Å²) in [6, 6.07) is 5.62. The van der Waals surface area contributed by atoms with Crippen LogP contribution in [0.15, 0.2) is 30.5 Å². The number of esters is 1. The van der Waals surface area contributed by atoms with Crippen molar-refractivity contribution in [2.45, 2.75) is 6.10 Å². The zero-order valence-electron chi connectivity index (χ0n) is 12.9. The Labute approximate surface area is 152 Å². The standard InChI is InChI=1S/C15H13Cl2N3O5/c1-25-15(22)9-4-12(20(23)24)14(18-6-9)19-7-13(21)8-2-10(16)5-11(17)3-8/h2-6,13,21H,7H2,1H3,(H,18,19). The molecule has 0 aliphatic rings. The predicted molar refractivity (Wildman–Crippen MR) is 92.1 cm³/mol. The van der Waals surface area contributed by atoms with Crippen molar-refractivity contribution in [3.05, 3.63) is 61.7 Å². The molecule has 1 heterocycles. The van der Waals surface area contributed by atoms with Crippen LogP contribution in [0.5, 0.6) is 0 Å². The van der Waals surface area contributed by atoms with Gasteiger partial charge in [0.1, 0.15) is 0 Å². The van der Waals surface area contributed by atoms with Gasteiger partial charge < -0.3 is 15.2 Å². The van der Waals surface area contributed by atoms with E-state index in [1.54, 1.807) is 0 Å². The molecule has 0 amide bonds. The van der Waals surface area contributed by atoms with Gasteiger partial charge in [0.25, 0.3) is 0 Å². The number of hydrogen-bond acceptors (Lipinski definition) is 7. The number of nitrogens with zero attached hydrogens (tertiary/aromatic N) is 2. The highest BCUT2D eigenvalue weighted by Crippen LogP contribution is 2.26. The number of benzene rings is 1. The lowest BCUT2D eigenvalue weighted by Crippen LogP contribution is -2.15. The van der Waals surface area contributed by atoms with Crippen LogP contribution in [0, 0.1) is 10.1 Å². The van der Waals surface area contributed by atoms with Gasteiger partial charge in [-0.25, -0.2) is 9.78 Å². The predicted octanol–water partition coefficient (Wildman–Crippen LogP) is 3.23. The molecule has 0 fully saturated rings. The first-order chi connectivity index (χ1) is 11.8. The van der Waals surface area contributed by atoms with Crippen LogP contribution in [-0.2, 0) is 4.74 Å². The number of nitro groups is 1. The largest absolute Gasteiger partial charge is 0.465 e. The van der Waals surface area contributed by atoms with Gasteiger partial charge in [0.15, 0.2) is 0 Å². The minimum Gasteiger partial charge on any atom is -0.465 e. The summed E-state index contributed by atoms with van der Waals surface area (Å²) in [5.41, 5.74) is -0.0278. The topological polar surface area (TPSA) is 115 Å². The van der Waals surface area contributed by atoms with E-state index in [-0.39, 0.29) is 17.9 Å². The van der Waals surface area contributed by atoms with Crippen LogP contribution < -0.4 is 5.32 Å². The number of aliphatic hydroxyl groups is 1. The summed E-state index contributed by atoms with van der Waals surface area (Å²) < 4.78 is 4.50. The molecule has 1 unspecified atom stereocenters. The maximum Gasteiger partial charge on any atom is 0.339 e. The average molecular weight is 386 g/mol. The number of anilines is 1. The molecule has 1 aromatic carbocycles. The molecule has 0 aliphatic heterocycles. The zero-order chi connectivity index (χ0) is 18.6. The van der Waals surface area contributed by atoms with Gasteiger partial charge in [-0.05, 0) is 23.8 Å². The first kappa shape index (κ1) is 18.9. The van der Waals surface area contributed by atoms with Gasteiger partial charge in [-0.1, -0.05) is 23.2 Å². The Morgan fingerprint density at radius 2 is 2.00 bits per heavy atom. The third kappa shape index (κ3) is 4.79. The molecule has 0 radical (unpaired) electrons. The van der Waals surface area contributed by atoms with E-state index >= 15 is 0 Å². The second-order valence-corrected chi connectivity index (χ2v) is 5.81. The summed E-state index contributed by atoms with van der Waals surface area (Å²) in [5.74, 6) is -0.833.